The first-order chi connectivity index (χ1) is 12.0. The highest BCUT2D eigenvalue weighted by atomic mass is 16.2. The van der Waals surface area contributed by atoms with Crippen LogP contribution in [-0.4, -0.2) is 32.2 Å². The first-order valence-corrected chi connectivity index (χ1v) is 8.91. The number of nitrogens with zero attached hydrogens (tertiary/aromatic N) is 4. The Hall–Kier alpha value is -2.28. The maximum absolute atomic E-state index is 12.6. The van der Waals surface area contributed by atoms with Gasteiger partial charge in [0.25, 0.3) is 0 Å². The molecule has 1 aliphatic carbocycles. The Morgan fingerprint density at radius 1 is 1.20 bits per heavy atom. The molecule has 0 bridgehead atoms. The van der Waals surface area contributed by atoms with Crippen LogP contribution >= 0.6 is 0 Å². The Bertz CT molecular complexity index is 737. The maximum atomic E-state index is 12.6. The van der Waals surface area contributed by atoms with E-state index in [-0.39, 0.29) is 18.0 Å². The van der Waals surface area contributed by atoms with Crippen molar-refractivity contribution >= 4 is 11.6 Å². The fraction of sp³-hybridized carbons (Fsp3) is 0.556. The third-order valence-electron chi connectivity index (χ3n) is 4.53. The van der Waals surface area contributed by atoms with Gasteiger partial charge in [0, 0.05) is 5.69 Å². The van der Waals surface area contributed by atoms with Crippen LogP contribution in [0.2, 0.25) is 0 Å². The molecule has 1 aromatic heterocycles. The summed E-state index contributed by atoms with van der Waals surface area (Å²) in [5, 5.41) is 18.3. The van der Waals surface area contributed by atoms with E-state index in [0.717, 1.165) is 29.9 Å². The summed E-state index contributed by atoms with van der Waals surface area (Å²) in [7, 11) is 0. The van der Waals surface area contributed by atoms with Gasteiger partial charge in [-0.3, -0.25) is 10.1 Å². The van der Waals surface area contributed by atoms with Gasteiger partial charge in [-0.05, 0) is 54.7 Å². The number of carbonyl (C=O) groups is 1. The second-order valence-electron chi connectivity index (χ2n) is 7.05. The second-order valence-corrected chi connectivity index (χ2v) is 7.05. The Labute approximate surface area is 148 Å². The molecule has 2 atom stereocenters. The number of amides is 1. The zero-order valence-electron chi connectivity index (χ0n) is 15.2. The fourth-order valence-corrected chi connectivity index (χ4v) is 2.95. The summed E-state index contributed by atoms with van der Waals surface area (Å²) in [6, 6.07) is 7.87. The summed E-state index contributed by atoms with van der Waals surface area (Å²) in [4.78, 5) is 12.6. The highest BCUT2D eigenvalue weighted by Crippen LogP contribution is 2.35. The van der Waals surface area contributed by atoms with Crippen molar-refractivity contribution in [2.24, 2.45) is 0 Å². The van der Waals surface area contributed by atoms with Gasteiger partial charge in [0.1, 0.15) is 0 Å². The third-order valence-corrected chi connectivity index (χ3v) is 4.53. The van der Waals surface area contributed by atoms with Crippen LogP contribution in [0.25, 0.3) is 0 Å². The molecule has 2 unspecified atom stereocenters. The Morgan fingerprint density at radius 2 is 1.92 bits per heavy atom. The molecule has 1 fully saturated rings. The number of carbonyl (C=O) groups excluding carboxylic acids is 1. The molecule has 134 valence electrons. The molecule has 1 amide bonds. The van der Waals surface area contributed by atoms with E-state index >= 15 is 0 Å². The molecular formula is C18H26N6O. The van der Waals surface area contributed by atoms with Gasteiger partial charge in [-0.1, -0.05) is 32.0 Å². The van der Waals surface area contributed by atoms with Crippen LogP contribution in [0.15, 0.2) is 24.3 Å². The van der Waals surface area contributed by atoms with Gasteiger partial charge in [0.15, 0.2) is 5.82 Å². The lowest BCUT2D eigenvalue weighted by atomic mass is 10.0. The van der Waals surface area contributed by atoms with E-state index in [1.54, 1.807) is 0 Å². The molecule has 0 radical (unpaired) electrons. The number of aromatic nitrogens is 4. The third kappa shape index (κ3) is 4.04. The van der Waals surface area contributed by atoms with Gasteiger partial charge < -0.3 is 5.32 Å². The van der Waals surface area contributed by atoms with Crippen molar-refractivity contribution in [1.29, 1.82) is 0 Å². The van der Waals surface area contributed by atoms with Crippen molar-refractivity contribution in [1.82, 2.24) is 25.5 Å². The molecule has 1 aromatic carbocycles. The number of nitrogens with one attached hydrogen (secondary N) is 2. The fourth-order valence-electron chi connectivity index (χ4n) is 2.95. The molecule has 3 rings (SSSR count). The highest BCUT2D eigenvalue weighted by molar-refractivity contribution is 5.95. The van der Waals surface area contributed by atoms with E-state index in [0.29, 0.717) is 12.0 Å². The van der Waals surface area contributed by atoms with Crippen molar-refractivity contribution in [3.63, 3.8) is 0 Å². The number of para-hydroxylation sites is 1. The second kappa shape index (κ2) is 7.31. The van der Waals surface area contributed by atoms with Crippen LogP contribution in [0.4, 0.5) is 5.69 Å². The first kappa shape index (κ1) is 17.5. The normalized spacial score (nSPS) is 16.7. The van der Waals surface area contributed by atoms with Crippen LogP contribution in [0.1, 0.15) is 69.9 Å². The summed E-state index contributed by atoms with van der Waals surface area (Å²) in [5.74, 6) is 1.07. The molecule has 7 heteroatoms. The standard InChI is InChI=1S/C18H26N6O/c1-11(2)15-7-5-6-8-16(15)20-18(25)13(4)19-12(3)17-21-22-23-24(17)14-9-10-14/h5-8,11-14,19H,9-10H2,1-4H3,(H,20,25). The van der Waals surface area contributed by atoms with Crippen LogP contribution in [0.3, 0.4) is 0 Å². The summed E-state index contributed by atoms with van der Waals surface area (Å²) < 4.78 is 1.87. The van der Waals surface area contributed by atoms with Crippen LogP contribution in [-0.2, 0) is 4.79 Å². The topological polar surface area (TPSA) is 84.7 Å². The lowest BCUT2D eigenvalue weighted by Crippen LogP contribution is -2.40. The van der Waals surface area contributed by atoms with Gasteiger partial charge >= 0.3 is 0 Å². The minimum absolute atomic E-state index is 0.0644. The van der Waals surface area contributed by atoms with Crippen LogP contribution in [0, 0.1) is 0 Å². The Balaban J connectivity index is 1.64. The van der Waals surface area contributed by atoms with Crippen LogP contribution in [0.5, 0.6) is 0 Å². The van der Waals surface area contributed by atoms with Crippen molar-refractivity contribution in [3.8, 4) is 0 Å². The van der Waals surface area contributed by atoms with Gasteiger partial charge in [-0.2, -0.15) is 0 Å². The average molecular weight is 342 g/mol. The minimum Gasteiger partial charge on any atom is -0.324 e. The van der Waals surface area contributed by atoms with Gasteiger partial charge in [0.05, 0.1) is 18.1 Å². The highest BCUT2D eigenvalue weighted by Gasteiger charge is 2.30. The van der Waals surface area contributed by atoms with Crippen molar-refractivity contribution in [2.75, 3.05) is 5.32 Å². The summed E-state index contributed by atoms with van der Waals surface area (Å²) in [6.07, 6.45) is 2.24. The lowest BCUT2D eigenvalue weighted by Gasteiger charge is -2.20. The van der Waals surface area contributed by atoms with Gasteiger partial charge in [0.2, 0.25) is 5.91 Å². The van der Waals surface area contributed by atoms with Crippen molar-refractivity contribution in [2.45, 2.75) is 64.6 Å². The van der Waals surface area contributed by atoms with E-state index < -0.39 is 0 Å². The van der Waals surface area contributed by atoms with E-state index in [9.17, 15) is 4.79 Å². The molecular weight excluding hydrogens is 316 g/mol. The van der Waals surface area contributed by atoms with E-state index in [2.05, 4.69) is 40.0 Å². The van der Waals surface area contributed by atoms with E-state index in [1.807, 2.05) is 42.8 Å². The van der Waals surface area contributed by atoms with Gasteiger partial charge in [-0.25, -0.2) is 4.68 Å². The molecule has 0 spiro atoms. The number of hydrogen-bond donors (Lipinski definition) is 2. The number of rotatable bonds is 7. The number of benzene rings is 1. The van der Waals surface area contributed by atoms with E-state index in [4.69, 9.17) is 0 Å². The first-order valence-electron chi connectivity index (χ1n) is 8.91. The zero-order chi connectivity index (χ0) is 18.0. The molecule has 1 heterocycles. The number of tetrazole rings is 1. The van der Waals surface area contributed by atoms with Crippen LogP contribution < -0.4 is 10.6 Å². The summed E-state index contributed by atoms with van der Waals surface area (Å²) >= 11 is 0. The maximum Gasteiger partial charge on any atom is 0.241 e. The lowest BCUT2D eigenvalue weighted by molar-refractivity contribution is -0.118. The average Bonchev–Trinajstić information content (AvgIpc) is 3.31. The smallest absolute Gasteiger partial charge is 0.241 e. The molecule has 2 aromatic rings. The predicted molar refractivity (Wildman–Crippen MR) is 96.3 cm³/mol. The summed E-state index contributed by atoms with van der Waals surface area (Å²) in [5.41, 5.74) is 2.00. The zero-order valence-corrected chi connectivity index (χ0v) is 15.2. The molecule has 25 heavy (non-hydrogen) atoms. The molecule has 2 N–H and O–H groups in total. The number of hydrogen-bond acceptors (Lipinski definition) is 5. The largest absolute Gasteiger partial charge is 0.324 e. The number of anilines is 1. The monoisotopic (exact) mass is 342 g/mol. The minimum atomic E-state index is -0.362. The van der Waals surface area contributed by atoms with E-state index in [1.165, 1.54) is 0 Å². The van der Waals surface area contributed by atoms with Crippen molar-refractivity contribution in [3.05, 3.63) is 35.7 Å². The SMILES string of the molecule is CC(NC(C)c1nnnn1C1CC1)C(=O)Nc1ccccc1C(C)C. The quantitative estimate of drug-likeness (QED) is 0.808. The Kier molecular flexibility index (Phi) is 5.13. The summed E-state index contributed by atoms with van der Waals surface area (Å²) in [6.45, 7) is 8.07. The molecule has 0 saturated heterocycles. The van der Waals surface area contributed by atoms with Crippen molar-refractivity contribution < 1.29 is 4.79 Å². The molecule has 1 aliphatic rings. The molecule has 0 aliphatic heterocycles. The predicted octanol–water partition coefficient (Wildman–Crippen LogP) is 2.81. The molecule has 7 nitrogen and oxygen atoms in total. The molecule has 1 saturated carbocycles. The Morgan fingerprint density at radius 3 is 2.60 bits per heavy atom. The van der Waals surface area contributed by atoms with Gasteiger partial charge in [-0.15, -0.1) is 5.10 Å².